The minimum Gasteiger partial charge on any atom is -0.399 e. The van der Waals surface area contributed by atoms with Crippen molar-refractivity contribution in [2.45, 2.75) is 32.8 Å². The van der Waals surface area contributed by atoms with Gasteiger partial charge in [-0.3, -0.25) is 4.79 Å². The average molecular weight is 307 g/mol. The van der Waals surface area contributed by atoms with Crippen molar-refractivity contribution in [2.24, 2.45) is 0 Å². The van der Waals surface area contributed by atoms with E-state index in [0.717, 1.165) is 50.4 Å². The molecular weight excluding hydrogens is 278 g/mol. The molecule has 0 unspecified atom stereocenters. The number of hydrogen-bond acceptors (Lipinski definition) is 4. The van der Waals surface area contributed by atoms with Gasteiger partial charge in [0.25, 0.3) is 0 Å². The molecule has 0 atom stereocenters. The third-order valence-corrected chi connectivity index (χ3v) is 3.53. The molecule has 1 aromatic carbocycles. The Labute approximate surface area is 134 Å². The summed E-state index contributed by atoms with van der Waals surface area (Å²) in [7, 11) is 1.71. The summed E-state index contributed by atoms with van der Waals surface area (Å²) in [6.07, 6.45) is 1.94. The van der Waals surface area contributed by atoms with Gasteiger partial charge in [0.1, 0.15) is 0 Å². The number of methoxy groups -OCH3 is 1. The second kappa shape index (κ2) is 8.63. The van der Waals surface area contributed by atoms with Gasteiger partial charge in [0, 0.05) is 44.7 Å². The Hall–Kier alpha value is -1.75. The monoisotopic (exact) mass is 307 g/mol. The van der Waals surface area contributed by atoms with E-state index in [1.165, 1.54) is 0 Å². The summed E-state index contributed by atoms with van der Waals surface area (Å²) in [6.45, 7) is 9.56. The fourth-order valence-electron chi connectivity index (χ4n) is 2.02. The van der Waals surface area contributed by atoms with Crippen molar-refractivity contribution in [3.05, 3.63) is 24.3 Å². The van der Waals surface area contributed by atoms with Crippen LogP contribution in [0.1, 0.15) is 27.2 Å². The summed E-state index contributed by atoms with van der Waals surface area (Å²) in [5.41, 5.74) is 7.74. The SMILES string of the molecule is COC(C)(C)C.Nc1cccc(N2CCCN(C=O)CC2)c1. The van der Waals surface area contributed by atoms with E-state index in [4.69, 9.17) is 10.5 Å². The van der Waals surface area contributed by atoms with Crippen molar-refractivity contribution in [1.82, 2.24) is 4.90 Å². The lowest BCUT2D eigenvalue weighted by molar-refractivity contribution is -0.117. The topological polar surface area (TPSA) is 58.8 Å². The van der Waals surface area contributed by atoms with Crippen LogP contribution in [0.25, 0.3) is 0 Å². The highest BCUT2D eigenvalue weighted by atomic mass is 16.5. The minimum absolute atomic E-state index is 0.0417. The number of rotatable bonds is 2. The molecule has 22 heavy (non-hydrogen) atoms. The van der Waals surface area contributed by atoms with Crippen molar-refractivity contribution in [3.8, 4) is 0 Å². The molecule has 5 nitrogen and oxygen atoms in total. The van der Waals surface area contributed by atoms with Gasteiger partial charge in [0.15, 0.2) is 0 Å². The number of carbonyl (C=O) groups is 1. The van der Waals surface area contributed by atoms with Gasteiger partial charge >= 0.3 is 0 Å². The van der Waals surface area contributed by atoms with Gasteiger partial charge in [0.2, 0.25) is 6.41 Å². The smallest absolute Gasteiger partial charge is 0.209 e. The quantitative estimate of drug-likeness (QED) is 0.673. The Morgan fingerprint density at radius 2 is 1.86 bits per heavy atom. The van der Waals surface area contributed by atoms with E-state index in [2.05, 4.69) is 11.0 Å². The van der Waals surface area contributed by atoms with Crippen LogP contribution in [-0.2, 0) is 9.53 Å². The van der Waals surface area contributed by atoms with Crippen molar-refractivity contribution in [1.29, 1.82) is 0 Å². The highest BCUT2D eigenvalue weighted by Gasteiger charge is 2.13. The zero-order chi connectivity index (χ0) is 16.6. The van der Waals surface area contributed by atoms with Crippen LogP contribution in [0.2, 0.25) is 0 Å². The Bertz CT molecular complexity index is 457. The minimum atomic E-state index is 0.0417. The molecule has 1 heterocycles. The number of hydrogen-bond donors (Lipinski definition) is 1. The predicted octanol–water partition coefficient (Wildman–Crippen LogP) is 2.37. The zero-order valence-electron chi connectivity index (χ0n) is 14.2. The van der Waals surface area contributed by atoms with Crippen LogP contribution in [0.15, 0.2) is 24.3 Å². The first-order valence-electron chi connectivity index (χ1n) is 7.70. The summed E-state index contributed by atoms with van der Waals surface area (Å²) in [5, 5.41) is 0. The zero-order valence-corrected chi connectivity index (χ0v) is 14.2. The number of ether oxygens (including phenoxy) is 1. The summed E-state index contributed by atoms with van der Waals surface area (Å²) >= 11 is 0. The molecule has 0 aromatic heterocycles. The highest BCUT2D eigenvalue weighted by molar-refractivity contribution is 5.56. The second-order valence-corrected chi connectivity index (χ2v) is 6.39. The number of nitrogens with two attached hydrogens (primary N) is 1. The van der Waals surface area contributed by atoms with Gasteiger partial charge in [-0.05, 0) is 45.4 Å². The maximum Gasteiger partial charge on any atom is 0.209 e. The van der Waals surface area contributed by atoms with Crippen molar-refractivity contribution in [3.63, 3.8) is 0 Å². The van der Waals surface area contributed by atoms with Crippen LogP contribution >= 0.6 is 0 Å². The molecule has 1 aliphatic rings. The normalized spacial score (nSPS) is 15.6. The van der Waals surface area contributed by atoms with Gasteiger partial charge in [-0.2, -0.15) is 0 Å². The second-order valence-electron chi connectivity index (χ2n) is 6.39. The molecule has 0 bridgehead atoms. The molecule has 0 spiro atoms. The molecule has 2 rings (SSSR count). The molecular formula is C17H29N3O2. The highest BCUT2D eigenvalue weighted by Crippen LogP contribution is 2.18. The molecule has 0 saturated carbocycles. The van der Waals surface area contributed by atoms with Gasteiger partial charge < -0.3 is 20.3 Å². The first kappa shape index (κ1) is 18.3. The Kier molecular flexibility index (Phi) is 7.18. The maximum atomic E-state index is 10.7. The molecule has 1 aliphatic heterocycles. The lowest BCUT2D eigenvalue weighted by atomic mass is 10.2. The summed E-state index contributed by atoms with van der Waals surface area (Å²) < 4.78 is 4.94. The standard InChI is InChI=1S/C12H17N3O.C5H12O/c13-11-3-1-4-12(9-11)15-6-2-5-14(10-16)7-8-15;1-5(2,3)6-4/h1,3-4,9-10H,2,5-8,13H2;1-4H3. The summed E-state index contributed by atoms with van der Waals surface area (Å²) in [6, 6.07) is 7.90. The van der Waals surface area contributed by atoms with Gasteiger partial charge in [-0.1, -0.05) is 6.07 Å². The van der Waals surface area contributed by atoms with E-state index in [-0.39, 0.29) is 5.60 Å². The lowest BCUT2D eigenvalue weighted by Gasteiger charge is -2.22. The Balaban J connectivity index is 0.000000346. The molecule has 1 saturated heterocycles. The van der Waals surface area contributed by atoms with Crippen LogP contribution in [0, 0.1) is 0 Å². The van der Waals surface area contributed by atoms with Gasteiger partial charge in [-0.25, -0.2) is 0 Å². The predicted molar refractivity (Wildman–Crippen MR) is 92.1 cm³/mol. The van der Waals surface area contributed by atoms with Crippen molar-refractivity contribution >= 4 is 17.8 Å². The van der Waals surface area contributed by atoms with E-state index in [1.54, 1.807) is 7.11 Å². The molecule has 0 aliphatic carbocycles. The molecule has 1 fully saturated rings. The van der Waals surface area contributed by atoms with Crippen LogP contribution in [0.5, 0.6) is 0 Å². The molecule has 1 aromatic rings. The van der Waals surface area contributed by atoms with Crippen LogP contribution in [0.3, 0.4) is 0 Å². The average Bonchev–Trinajstić information content (AvgIpc) is 2.72. The fourth-order valence-corrected chi connectivity index (χ4v) is 2.02. The Morgan fingerprint density at radius 3 is 2.41 bits per heavy atom. The first-order chi connectivity index (χ1) is 10.4. The Morgan fingerprint density at radius 1 is 1.18 bits per heavy atom. The van der Waals surface area contributed by atoms with E-state index >= 15 is 0 Å². The van der Waals surface area contributed by atoms with E-state index in [1.807, 2.05) is 43.9 Å². The van der Waals surface area contributed by atoms with Crippen LogP contribution < -0.4 is 10.6 Å². The third kappa shape index (κ3) is 6.80. The number of anilines is 2. The van der Waals surface area contributed by atoms with Crippen molar-refractivity contribution in [2.75, 3.05) is 43.9 Å². The third-order valence-electron chi connectivity index (χ3n) is 3.53. The summed E-state index contributed by atoms with van der Waals surface area (Å²) in [4.78, 5) is 14.8. The molecule has 5 heteroatoms. The molecule has 1 amide bonds. The lowest BCUT2D eigenvalue weighted by Crippen LogP contribution is -2.29. The number of benzene rings is 1. The van der Waals surface area contributed by atoms with Crippen molar-refractivity contribution < 1.29 is 9.53 Å². The molecule has 2 N–H and O–H groups in total. The van der Waals surface area contributed by atoms with Gasteiger partial charge in [0.05, 0.1) is 5.60 Å². The van der Waals surface area contributed by atoms with E-state index in [9.17, 15) is 4.79 Å². The molecule has 124 valence electrons. The molecule has 0 radical (unpaired) electrons. The first-order valence-corrected chi connectivity index (χ1v) is 7.70. The van der Waals surface area contributed by atoms with E-state index in [0.29, 0.717) is 0 Å². The number of nitrogens with zero attached hydrogens (tertiary/aromatic N) is 2. The van der Waals surface area contributed by atoms with E-state index < -0.39 is 0 Å². The van der Waals surface area contributed by atoms with Crippen LogP contribution in [0.4, 0.5) is 11.4 Å². The number of amides is 1. The number of nitrogen functional groups attached to an aromatic ring is 1. The van der Waals surface area contributed by atoms with Crippen LogP contribution in [-0.4, -0.2) is 50.2 Å². The van der Waals surface area contributed by atoms with Gasteiger partial charge in [-0.15, -0.1) is 0 Å². The maximum absolute atomic E-state index is 10.7. The largest absolute Gasteiger partial charge is 0.399 e. The number of carbonyl (C=O) groups excluding carboxylic acids is 1. The summed E-state index contributed by atoms with van der Waals surface area (Å²) in [5.74, 6) is 0. The fraction of sp³-hybridized carbons (Fsp3) is 0.588.